The van der Waals surface area contributed by atoms with Crippen molar-refractivity contribution in [2.75, 3.05) is 25.1 Å². The summed E-state index contributed by atoms with van der Waals surface area (Å²) in [5, 5.41) is 0. The van der Waals surface area contributed by atoms with E-state index in [0.29, 0.717) is 12.6 Å². The maximum absolute atomic E-state index is 5.68. The van der Waals surface area contributed by atoms with E-state index < -0.39 is 0 Å². The molecule has 16 heavy (non-hydrogen) atoms. The Morgan fingerprint density at radius 3 is 3.19 bits per heavy atom. The predicted molar refractivity (Wildman–Crippen MR) is 64.4 cm³/mol. The fourth-order valence-electron chi connectivity index (χ4n) is 2.13. The summed E-state index contributed by atoms with van der Waals surface area (Å²) in [7, 11) is 2.07. The van der Waals surface area contributed by atoms with E-state index in [1.54, 1.807) is 6.20 Å². The van der Waals surface area contributed by atoms with Gasteiger partial charge in [-0.1, -0.05) is 0 Å². The highest BCUT2D eigenvalue weighted by Crippen LogP contribution is 2.19. The van der Waals surface area contributed by atoms with Gasteiger partial charge in [-0.15, -0.1) is 0 Å². The number of likely N-dealkylation sites (N-methyl/N-ethyl adjacent to an activating group) is 1. The number of pyridine rings is 1. The van der Waals surface area contributed by atoms with Crippen molar-refractivity contribution in [3.8, 4) is 0 Å². The molecule has 4 heteroatoms. The fourth-order valence-corrected chi connectivity index (χ4v) is 2.13. The molecule has 0 amide bonds. The van der Waals surface area contributed by atoms with Crippen LogP contribution in [0.25, 0.3) is 0 Å². The second-order valence-electron chi connectivity index (χ2n) is 4.19. The van der Waals surface area contributed by atoms with Gasteiger partial charge in [-0.25, -0.2) is 0 Å². The summed E-state index contributed by atoms with van der Waals surface area (Å²) in [5.74, 6) is 0. The minimum atomic E-state index is 0.357. The van der Waals surface area contributed by atoms with E-state index in [9.17, 15) is 0 Å². The third-order valence-electron chi connectivity index (χ3n) is 2.97. The summed E-state index contributed by atoms with van der Waals surface area (Å²) in [4.78, 5) is 6.47. The standard InChI is InChI=1S/C12H19N3O/c1-15(9-10-4-3-7-16-10)12-5-2-6-14-11(12)8-13/h2,5-6,10H,3-4,7-9,13H2,1H3. The van der Waals surface area contributed by atoms with E-state index in [1.165, 1.54) is 6.42 Å². The Morgan fingerprint density at radius 1 is 1.62 bits per heavy atom. The lowest BCUT2D eigenvalue weighted by Crippen LogP contribution is -2.29. The van der Waals surface area contributed by atoms with E-state index in [2.05, 4.69) is 23.0 Å². The first-order chi connectivity index (χ1) is 7.81. The van der Waals surface area contributed by atoms with Crippen LogP contribution in [0.4, 0.5) is 5.69 Å². The van der Waals surface area contributed by atoms with Gasteiger partial charge in [-0.05, 0) is 25.0 Å². The second-order valence-corrected chi connectivity index (χ2v) is 4.19. The number of nitrogens with two attached hydrogens (primary N) is 1. The van der Waals surface area contributed by atoms with E-state index in [4.69, 9.17) is 10.5 Å². The van der Waals surface area contributed by atoms with Crippen molar-refractivity contribution >= 4 is 5.69 Å². The molecular weight excluding hydrogens is 202 g/mol. The average molecular weight is 221 g/mol. The third kappa shape index (κ3) is 2.51. The zero-order valence-corrected chi connectivity index (χ0v) is 9.72. The zero-order valence-electron chi connectivity index (χ0n) is 9.72. The largest absolute Gasteiger partial charge is 0.376 e. The Bertz CT molecular complexity index is 337. The molecule has 1 atom stereocenters. The Balaban J connectivity index is 2.04. The van der Waals surface area contributed by atoms with Gasteiger partial charge < -0.3 is 15.4 Å². The molecule has 1 unspecified atom stereocenters. The highest BCUT2D eigenvalue weighted by molar-refractivity contribution is 5.49. The third-order valence-corrected chi connectivity index (χ3v) is 2.97. The molecule has 1 aromatic heterocycles. The van der Waals surface area contributed by atoms with Crippen molar-refractivity contribution < 1.29 is 4.74 Å². The second kappa shape index (κ2) is 5.27. The number of nitrogens with zero attached hydrogens (tertiary/aromatic N) is 2. The molecule has 0 aromatic carbocycles. The van der Waals surface area contributed by atoms with Crippen molar-refractivity contribution in [3.05, 3.63) is 24.0 Å². The summed E-state index contributed by atoms with van der Waals surface area (Å²) in [6, 6.07) is 4.00. The molecule has 1 fully saturated rings. The van der Waals surface area contributed by atoms with Crippen LogP contribution in [0, 0.1) is 0 Å². The number of hydrogen-bond donors (Lipinski definition) is 1. The van der Waals surface area contributed by atoms with Crippen LogP contribution in [0.3, 0.4) is 0 Å². The van der Waals surface area contributed by atoms with Crippen LogP contribution < -0.4 is 10.6 Å². The maximum Gasteiger partial charge on any atom is 0.0772 e. The number of ether oxygens (including phenoxy) is 1. The number of rotatable bonds is 4. The van der Waals surface area contributed by atoms with Crippen LogP contribution in [0.2, 0.25) is 0 Å². The highest BCUT2D eigenvalue weighted by atomic mass is 16.5. The van der Waals surface area contributed by atoms with Crippen molar-refractivity contribution in [1.82, 2.24) is 4.98 Å². The van der Waals surface area contributed by atoms with Crippen molar-refractivity contribution in [2.45, 2.75) is 25.5 Å². The molecule has 0 radical (unpaired) electrons. The predicted octanol–water partition coefficient (Wildman–Crippen LogP) is 1.16. The van der Waals surface area contributed by atoms with Gasteiger partial charge in [0.05, 0.1) is 17.5 Å². The molecule has 1 saturated heterocycles. The first kappa shape index (κ1) is 11.4. The van der Waals surface area contributed by atoms with Gasteiger partial charge in [0.15, 0.2) is 0 Å². The molecule has 2 rings (SSSR count). The van der Waals surface area contributed by atoms with Crippen LogP contribution in [0.5, 0.6) is 0 Å². The molecule has 0 bridgehead atoms. The van der Waals surface area contributed by atoms with Crippen molar-refractivity contribution in [2.24, 2.45) is 5.73 Å². The van der Waals surface area contributed by atoms with E-state index in [0.717, 1.165) is 31.0 Å². The summed E-state index contributed by atoms with van der Waals surface area (Å²) in [5.41, 5.74) is 7.73. The molecular formula is C12H19N3O. The Morgan fingerprint density at radius 2 is 2.50 bits per heavy atom. The van der Waals surface area contributed by atoms with E-state index in [1.807, 2.05) is 6.07 Å². The molecule has 1 aliphatic heterocycles. The van der Waals surface area contributed by atoms with Gasteiger partial charge >= 0.3 is 0 Å². The number of anilines is 1. The molecule has 2 N–H and O–H groups in total. The lowest BCUT2D eigenvalue weighted by molar-refractivity contribution is 0.116. The molecule has 0 saturated carbocycles. The molecule has 1 aromatic rings. The van der Waals surface area contributed by atoms with Crippen LogP contribution in [0.15, 0.2) is 18.3 Å². The zero-order chi connectivity index (χ0) is 11.4. The molecule has 1 aliphatic rings. The Kier molecular flexibility index (Phi) is 3.74. The first-order valence-electron chi connectivity index (χ1n) is 5.78. The molecule has 4 nitrogen and oxygen atoms in total. The minimum Gasteiger partial charge on any atom is -0.376 e. The summed E-state index contributed by atoms with van der Waals surface area (Å²) in [6.07, 6.45) is 4.47. The molecule has 0 aliphatic carbocycles. The molecule has 88 valence electrons. The summed E-state index contributed by atoms with van der Waals surface area (Å²) < 4.78 is 5.63. The van der Waals surface area contributed by atoms with Gasteiger partial charge in [0.2, 0.25) is 0 Å². The lowest BCUT2D eigenvalue weighted by atomic mass is 10.2. The van der Waals surface area contributed by atoms with Gasteiger partial charge in [-0.2, -0.15) is 0 Å². The number of hydrogen-bond acceptors (Lipinski definition) is 4. The van der Waals surface area contributed by atoms with Crippen LogP contribution in [0.1, 0.15) is 18.5 Å². The quantitative estimate of drug-likeness (QED) is 0.829. The van der Waals surface area contributed by atoms with Crippen LogP contribution in [-0.2, 0) is 11.3 Å². The topological polar surface area (TPSA) is 51.4 Å². The minimum absolute atomic E-state index is 0.357. The van der Waals surface area contributed by atoms with Gasteiger partial charge in [0.1, 0.15) is 0 Å². The SMILES string of the molecule is CN(CC1CCCO1)c1cccnc1CN. The highest BCUT2D eigenvalue weighted by Gasteiger charge is 2.18. The fraction of sp³-hybridized carbons (Fsp3) is 0.583. The maximum atomic E-state index is 5.68. The van der Waals surface area contributed by atoms with E-state index in [-0.39, 0.29) is 0 Å². The summed E-state index contributed by atoms with van der Waals surface area (Å²) >= 11 is 0. The van der Waals surface area contributed by atoms with Crippen LogP contribution >= 0.6 is 0 Å². The Hall–Kier alpha value is -1.13. The normalized spacial score (nSPS) is 20.0. The van der Waals surface area contributed by atoms with Gasteiger partial charge in [0, 0.05) is 32.9 Å². The molecule has 2 heterocycles. The first-order valence-corrected chi connectivity index (χ1v) is 5.78. The average Bonchev–Trinajstić information content (AvgIpc) is 2.81. The Labute approximate surface area is 96.4 Å². The molecule has 0 spiro atoms. The lowest BCUT2D eigenvalue weighted by Gasteiger charge is -2.24. The van der Waals surface area contributed by atoms with Crippen LogP contribution in [-0.4, -0.2) is 31.3 Å². The number of aromatic nitrogens is 1. The van der Waals surface area contributed by atoms with Gasteiger partial charge in [0.25, 0.3) is 0 Å². The van der Waals surface area contributed by atoms with Crippen molar-refractivity contribution in [1.29, 1.82) is 0 Å². The smallest absolute Gasteiger partial charge is 0.0772 e. The van der Waals surface area contributed by atoms with Crippen molar-refractivity contribution in [3.63, 3.8) is 0 Å². The monoisotopic (exact) mass is 221 g/mol. The van der Waals surface area contributed by atoms with Gasteiger partial charge in [-0.3, -0.25) is 4.98 Å². The van der Waals surface area contributed by atoms with E-state index >= 15 is 0 Å². The summed E-state index contributed by atoms with van der Waals surface area (Å²) in [6.45, 7) is 2.29.